The lowest BCUT2D eigenvalue weighted by Crippen LogP contribution is -2.53. The van der Waals surface area contributed by atoms with Crippen LogP contribution >= 0.6 is 0 Å². The third-order valence-corrected chi connectivity index (χ3v) is 2.09. The van der Waals surface area contributed by atoms with E-state index in [0.29, 0.717) is 6.61 Å². The maximum absolute atomic E-state index is 11.6. The molecule has 1 unspecified atom stereocenters. The predicted octanol–water partition coefficient (Wildman–Crippen LogP) is -1.61. The molecule has 76 valence electrons. The van der Waals surface area contributed by atoms with E-state index in [1.165, 1.54) is 0 Å². The lowest BCUT2D eigenvalue weighted by molar-refractivity contribution is -0.134. The topological polar surface area (TPSA) is 67.6 Å². The van der Waals surface area contributed by atoms with Crippen molar-refractivity contribution in [2.75, 3.05) is 39.9 Å². The maximum Gasteiger partial charge on any atom is 0.241 e. The van der Waals surface area contributed by atoms with E-state index in [-0.39, 0.29) is 5.91 Å². The smallest absolute Gasteiger partial charge is 0.241 e. The minimum absolute atomic E-state index is 0.0108. The first-order valence-corrected chi connectivity index (χ1v) is 4.49. The van der Waals surface area contributed by atoms with E-state index in [1.54, 1.807) is 12.0 Å². The van der Waals surface area contributed by atoms with Gasteiger partial charge < -0.3 is 20.7 Å². The van der Waals surface area contributed by atoms with E-state index in [1.807, 2.05) is 0 Å². The quantitative estimate of drug-likeness (QED) is 0.558. The van der Waals surface area contributed by atoms with Crippen molar-refractivity contribution in [3.8, 4) is 0 Å². The van der Waals surface area contributed by atoms with Crippen molar-refractivity contribution in [1.82, 2.24) is 10.2 Å². The Morgan fingerprint density at radius 3 is 2.77 bits per heavy atom. The third-order valence-electron chi connectivity index (χ3n) is 2.09. The van der Waals surface area contributed by atoms with Crippen LogP contribution in [-0.4, -0.2) is 56.7 Å². The number of piperazine rings is 1. The zero-order valence-electron chi connectivity index (χ0n) is 7.95. The van der Waals surface area contributed by atoms with Crippen molar-refractivity contribution >= 4 is 5.91 Å². The summed E-state index contributed by atoms with van der Waals surface area (Å²) >= 11 is 0. The molecule has 0 radical (unpaired) electrons. The summed E-state index contributed by atoms with van der Waals surface area (Å²) in [5, 5.41) is 3.17. The Balaban J connectivity index is 2.36. The molecule has 5 nitrogen and oxygen atoms in total. The fourth-order valence-electron chi connectivity index (χ4n) is 1.37. The van der Waals surface area contributed by atoms with Crippen molar-refractivity contribution in [1.29, 1.82) is 0 Å². The van der Waals surface area contributed by atoms with E-state index in [4.69, 9.17) is 10.5 Å². The van der Waals surface area contributed by atoms with Crippen LogP contribution < -0.4 is 11.1 Å². The molecule has 3 N–H and O–H groups in total. The second kappa shape index (κ2) is 5.16. The van der Waals surface area contributed by atoms with Gasteiger partial charge in [0.25, 0.3) is 0 Å². The minimum atomic E-state index is -0.511. The number of nitrogens with one attached hydrogen (secondary N) is 1. The van der Waals surface area contributed by atoms with Crippen LogP contribution in [0.3, 0.4) is 0 Å². The van der Waals surface area contributed by atoms with Gasteiger partial charge in [-0.15, -0.1) is 0 Å². The summed E-state index contributed by atoms with van der Waals surface area (Å²) in [6.45, 7) is 3.49. The van der Waals surface area contributed by atoms with Crippen LogP contribution in [0.2, 0.25) is 0 Å². The highest BCUT2D eigenvalue weighted by Gasteiger charge is 2.21. The van der Waals surface area contributed by atoms with Gasteiger partial charge in [0, 0.05) is 33.3 Å². The molecule has 0 aromatic rings. The minimum Gasteiger partial charge on any atom is -0.383 e. The second-order valence-corrected chi connectivity index (χ2v) is 3.14. The molecular formula is C8H17N3O2. The molecule has 1 aliphatic rings. The SMILES string of the molecule is COCC(N)C(=O)N1CCNCC1. The highest BCUT2D eigenvalue weighted by atomic mass is 16.5. The molecule has 0 aliphatic carbocycles. The van der Waals surface area contributed by atoms with Gasteiger partial charge in [0.2, 0.25) is 5.91 Å². The molecule has 13 heavy (non-hydrogen) atoms. The highest BCUT2D eigenvalue weighted by molar-refractivity contribution is 5.81. The lowest BCUT2D eigenvalue weighted by atomic mass is 10.2. The van der Waals surface area contributed by atoms with Crippen molar-refractivity contribution in [2.45, 2.75) is 6.04 Å². The Bertz CT molecular complexity index is 169. The third kappa shape index (κ3) is 2.95. The van der Waals surface area contributed by atoms with Gasteiger partial charge in [-0.25, -0.2) is 0 Å². The predicted molar refractivity (Wildman–Crippen MR) is 49.3 cm³/mol. The summed E-state index contributed by atoms with van der Waals surface area (Å²) in [6, 6.07) is -0.511. The fraction of sp³-hybridized carbons (Fsp3) is 0.875. The molecule has 0 saturated carbocycles. The summed E-state index contributed by atoms with van der Waals surface area (Å²) in [6.07, 6.45) is 0. The fourth-order valence-corrected chi connectivity index (χ4v) is 1.37. The standard InChI is InChI=1S/C8H17N3O2/c1-13-6-7(9)8(12)11-4-2-10-3-5-11/h7,10H,2-6,9H2,1H3. The second-order valence-electron chi connectivity index (χ2n) is 3.14. The van der Waals surface area contributed by atoms with Gasteiger partial charge in [0.05, 0.1) is 6.61 Å². The number of hydrogen-bond acceptors (Lipinski definition) is 4. The van der Waals surface area contributed by atoms with Gasteiger partial charge >= 0.3 is 0 Å². The summed E-state index contributed by atoms with van der Waals surface area (Å²) in [5.74, 6) is -0.0108. The Morgan fingerprint density at radius 2 is 2.23 bits per heavy atom. The first-order valence-electron chi connectivity index (χ1n) is 4.49. The first-order chi connectivity index (χ1) is 6.25. The molecule has 1 rings (SSSR count). The Hall–Kier alpha value is -0.650. The number of carbonyl (C=O) groups is 1. The zero-order chi connectivity index (χ0) is 9.68. The normalized spacial score (nSPS) is 20.0. The molecule has 0 bridgehead atoms. The van der Waals surface area contributed by atoms with E-state index in [9.17, 15) is 4.79 Å². The van der Waals surface area contributed by atoms with Gasteiger partial charge in [0.15, 0.2) is 0 Å². The molecule has 5 heteroatoms. The number of amides is 1. The molecule has 1 amide bonds. The van der Waals surface area contributed by atoms with Crippen LogP contribution in [0.15, 0.2) is 0 Å². The van der Waals surface area contributed by atoms with Crippen LogP contribution in [0.4, 0.5) is 0 Å². The number of methoxy groups -OCH3 is 1. The summed E-state index contributed by atoms with van der Waals surface area (Å²) in [4.78, 5) is 13.4. The average Bonchev–Trinajstić information content (AvgIpc) is 2.18. The van der Waals surface area contributed by atoms with Gasteiger partial charge in [-0.05, 0) is 0 Å². The van der Waals surface area contributed by atoms with Crippen molar-refractivity contribution in [3.63, 3.8) is 0 Å². The number of rotatable bonds is 3. The van der Waals surface area contributed by atoms with Gasteiger partial charge in [-0.2, -0.15) is 0 Å². The number of hydrogen-bond donors (Lipinski definition) is 2. The van der Waals surface area contributed by atoms with Crippen LogP contribution in [-0.2, 0) is 9.53 Å². The summed E-state index contributed by atoms with van der Waals surface area (Å²) < 4.78 is 4.83. The monoisotopic (exact) mass is 187 g/mol. The van der Waals surface area contributed by atoms with E-state index in [2.05, 4.69) is 5.32 Å². The Labute approximate surface area is 78.2 Å². The first kappa shape index (κ1) is 10.4. The molecule has 1 heterocycles. The lowest BCUT2D eigenvalue weighted by Gasteiger charge is -2.29. The number of ether oxygens (including phenoxy) is 1. The molecule has 0 aromatic carbocycles. The molecular weight excluding hydrogens is 170 g/mol. The van der Waals surface area contributed by atoms with E-state index in [0.717, 1.165) is 26.2 Å². The number of nitrogens with two attached hydrogens (primary N) is 1. The van der Waals surface area contributed by atoms with Gasteiger partial charge in [-0.1, -0.05) is 0 Å². The van der Waals surface area contributed by atoms with Crippen LogP contribution in [0.1, 0.15) is 0 Å². The van der Waals surface area contributed by atoms with Crippen molar-refractivity contribution in [3.05, 3.63) is 0 Å². The Morgan fingerprint density at radius 1 is 1.62 bits per heavy atom. The zero-order valence-corrected chi connectivity index (χ0v) is 7.95. The molecule has 1 saturated heterocycles. The number of nitrogens with zero attached hydrogens (tertiary/aromatic N) is 1. The summed E-state index contributed by atoms with van der Waals surface area (Å²) in [7, 11) is 1.55. The van der Waals surface area contributed by atoms with Crippen molar-refractivity contribution < 1.29 is 9.53 Å². The van der Waals surface area contributed by atoms with Crippen LogP contribution in [0, 0.1) is 0 Å². The molecule has 1 atom stereocenters. The molecule has 1 fully saturated rings. The van der Waals surface area contributed by atoms with Crippen LogP contribution in [0.5, 0.6) is 0 Å². The molecule has 0 aromatic heterocycles. The number of carbonyl (C=O) groups excluding carboxylic acids is 1. The van der Waals surface area contributed by atoms with E-state index >= 15 is 0 Å². The van der Waals surface area contributed by atoms with Gasteiger partial charge in [0.1, 0.15) is 6.04 Å². The summed E-state index contributed by atoms with van der Waals surface area (Å²) in [5.41, 5.74) is 5.62. The maximum atomic E-state index is 11.6. The van der Waals surface area contributed by atoms with E-state index < -0.39 is 6.04 Å². The Kier molecular flexibility index (Phi) is 4.14. The van der Waals surface area contributed by atoms with Crippen LogP contribution in [0.25, 0.3) is 0 Å². The van der Waals surface area contributed by atoms with Crippen molar-refractivity contribution in [2.24, 2.45) is 5.73 Å². The molecule has 0 spiro atoms. The van der Waals surface area contributed by atoms with Gasteiger partial charge in [-0.3, -0.25) is 4.79 Å². The molecule has 1 aliphatic heterocycles. The average molecular weight is 187 g/mol. The highest BCUT2D eigenvalue weighted by Crippen LogP contribution is 1.96. The largest absolute Gasteiger partial charge is 0.383 e.